The van der Waals surface area contributed by atoms with Gasteiger partial charge in [0.25, 0.3) is 5.91 Å². The summed E-state index contributed by atoms with van der Waals surface area (Å²) in [4.78, 5) is 19.2. The zero-order valence-electron chi connectivity index (χ0n) is 19.5. The number of halogens is 3. The highest BCUT2D eigenvalue weighted by Crippen LogP contribution is 2.29. The van der Waals surface area contributed by atoms with Gasteiger partial charge in [-0.1, -0.05) is 35.5 Å². The van der Waals surface area contributed by atoms with E-state index < -0.39 is 11.7 Å². The number of nitrogens with zero attached hydrogens (tertiary/aromatic N) is 3. The molecular weight excluding hydrogens is 471 g/mol. The Morgan fingerprint density at radius 1 is 0.917 bits per heavy atom. The third kappa shape index (κ3) is 6.29. The summed E-state index contributed by atoms with van der Waals surface area (Å²) in [5, 5.41) is 4.01. The average Bonchev–Trinajstić information content (AvgIpc) is 3.37. The number of amides is 1. The second-order valence-corrected chi connectivity index (χ2v) is 8.09. The van der Waals surface area contributed by atoms with Gasteiger partial charge in [-0.15, -0.1) is 0 Å². The SMILES string of the molecule is COc1ccc(-c2noc(CCN(CCc3ccccc3)C(=O)c3ccc(C(F)(F)F)cc3)n2)cc1. The summed E-state index contributed by atoms with van der Waals surface area (Å²) in [5.74, 6) is 1.11. The first kappa shape index (κ1) is 25.0. The number of rotatable bonds is 9. The summed E-state index contributed by atoms with van der Waals surface area (Å²) in [6, 6.07) is 21.1. The number of aromatic nitrogens is 2. The topological polar surface area (TPSA) is 68.5 Å². The maximum Gasteiger partial charge on any atom is 0.416 e. The Bertz CT molecular complexity index is 1270. The van der Waals surface area contributed by atoms with E-state index in [0.717, 1.165) is 23.3 Å². The minimum absolute atomic E-state index is 0.181. The maximum absolute atomic E-state index is 13.2. The number of hydrogen-bond donors (Lipinski definition) is 0. The van der Waals surface area contributed by atoms with E-state index in [1.54, 1.807) is 24.1 Å². The molecule has 1 heterocycles. The highest BCUT2D eigenvalue weighted by atomic mass is 19.4. The van der Waals surface area contributed by atoms with E-state index in [2.05, 4.69) is 10.1 Å². The van der Waals surface area contributed by atoms with E-state index in [0.29, 0.717) is 36.9 Å². The van der Waals surface area contributed by atoms with Crippen LogP contribution in [0.4, 0.5) is 13.2 Å². The lowest BCUT2D eigenvalue weighted by Gasteiger charge is -2.22. The van der Waals surface area contributed by atoms with Gasteiger partial charge in [-0.2, -0.15) is 18.2 Å². The van der Waals surface area contributed by atoms with Crippen LogP contribution in [0.1, 0.15) is 27.4 Å². The van der Waals surface area contributed by atoms with Gasteiger partial charge in [-0.25, -0.2) is 0 Å². The van der Waals surface area contributed by atoms with Crippen LogP contribution >= 0.6 is 0 Å². The first-order valence-corrected chi connectivity index (χ1v) is 11.3. The summed E-state index contributed by atoms with van der Waals surface area (Å²) in [5.41, 5.74) is 1.18. The van der Waals surface area contributed by atoms with Crippen molar-refractivity contribution in [1.82, 2.24) is 15.0 Å². The molecule has 0 radical (unpaired) electrons. The van der Waals surface area contributed by atoms with Crippen molar-refractivity contribution in [3.63, 3.8) is 0 Å². The normalized spacial score (nSPS) is 11.3. The summed E-state index contributed by atoms with van der Waals surface area (Å²) in [6.07, 6.45) is -3.58. The molecule has 0 saturated heterocycles. The summed E-state index contributed by atoms with van der Waals surface area (Å²) in [7, 11) is 1.58. The largest absolute Gasteiger partial charge is 0.497 e. The molecule has 1 aromatic heterocycles. The summed E-state index contributed by atoms with van der Waals surface area (Å²) in [6.45, 7) is 0.639. The third-order valence-corrected chi connectivity index (χ3v) is 5.67. The van der Waals surface area contributed by atoms with E-state index >= 15 is 0 Å². The van der Waals surface area contributed by atoms with Crippen molar-refractivity contribution in [1.29, 1.82) is 0 Å². The van der Waals surface area contributed by atoms with Gasteiger partial charge in [-0.05, 0) is 60.5 Å². The Morgan fingerprint density at radius 2 is 1.58 bits per heavy atom. The molecule has 0 saturated carbocycles. The molecule has 0 N–H and O–H groups in total. The second kappa shape index (κ2) is 11.1. The summed E-state index contributed by atoms with van der Waals surface area (Å²) >= 11 is 0. The fraction of sp³-hybridized carbons (Fsp3) is 0.222. The van der Waals surface area contributed by atoms with Crippen LogP contribution in [0.3, 0.4) is 0 Å². The van der Waals surface area contributed by atoms with Crippen LogP contribution in [0, 0.1) is 0 Å². The van der Waals surface area contributed by atoms with Crippen molar-refractivity contribution in [3.05, 3.63) is 101 Å². The third-order valence-electron chi connectivity index (χ3n) is 5.67. The first-order chi connectivity index (χ1) is 17.3. The number of benzene rings is 3. The van der Waals surface area contributed by atoms with E-state index in [4.69, 9.17) is 9.26 Å². The van der Waals surface area contributed by atoms with E-state index in [1.165, 1.54) is 12.1 Å². The molecule has 0 fully saturated rings. The van der Waals surface area contributed by atoms with Crippen LogP contribution in [0.5, 0.6) is 5.75 Å². The standard InChI is InChI=1S/C27H24F3N3O3/c1-35-23-13-9-20(10-14-23)25-31-24(36-32-25)16-18-33(17-15-19-5-3-2-4-6-19)26(34)21-7-11-22(12-8-21)27(28,29)30/h2-14H,15-18H2,1H3. The second-order valence-electron chi connectivity index (χ2n) is 8.09. The predicted molar refractivity (Wildman–Crippen MR) is 127 cm³/mol. The van der Waals surface area contributed by atoms with Gasteiger partial charge in [0.1, 0.15) is 5.75 Å². The van der Waals surface area contributed by atoms with Gasteiger partial charge in [-0.3, -0.25) is 4.79 Å². The van der Waals surface area contributed by atoms with E-state index in [9.17, 15) is 18.0 Å². The molecule has 6 nitrogen and oxygen atoms in total. The zero-order chi connectivity index (χ0) is 25.5. The molecule has 9 heteroatoms. The molecule has 0 aliphatic carbocycles. The molecule has 0 aliphatic heterocycles. The van der Waals surface area contributed by atoms with Crippen LogP contribution in [-0.4, -0.2) is 41.1 Å². The van der Waals surface area contributed by atoms with Crippen molar-refractivity contribution in [2.24, 2.45) is 0 Å². The Labute approximate surface area is 206 Å². The molecule has 0 spiro atoms. The molecule has 0 unspecified atom stereocenters. The minimum atomic E-state index is -4.46. The quantitative estimate of drug-likeness (QED) is 0.298. The lowest BCUT2D eigenvalue weighted by molar-refractivity contribution is -0.137. The Kier molecular flexibility index (Phi) is 7.68. The fourth-order valence-electron chi connectivity index (χ4n) is 3.65. The average molecular weight is 496 g/mol. The maximum atomic E-state index is 13.2. The van der Waals surface area contributed by atoms with Crippen LogP contribution in [0.25, 0.3) is 11.4 Å². The van der Waals surface area contributed by atoms with Gasteiger partial charge >= 0.3 is 6.18 Å². The Hall–Kier alpha value is -4.14. The Balaban J connectivity index is 1.47. The lowest BCUT2D eigenvalue weighted by atomic mass is 10.1. The van der Waals surface area contributed by atoms with E-state index in [-0.39, 0.29) is 18.0 Å². The molecule has 0 bridgehead atoms. The van der Waals surface area contributed by atoms with Gasteiger partial charge in [0.05, 0.1) is 12.7 Å². The molecule has 0 atom stereocenters. The number of hydrogen-bond acceptors (Lipinski definition) is 5. The van der Waals surface area contributed by atoms with Crippen molar-refractivity contribution >= 4 is 5.91 Å². The first-order valence-electron chi connectivity index (χ1n) is 11.3. The van der Waals surface area contributed by atoms with E-state index in [1.807, 2.05) is 42.5 Å². The molecule has 36 heavy (non-hydrogen) atoms. The van der Waals surface area contributed by atoms with Crippen molar-refractivity contribution in [2.75, 3.05) is 20.2 Å². The molecule has 1 amide bonds. The highest BCUT2D eigenvalue weighted by Gasteiger charge is 2.30. The van der Waals surface area contributed by atoms with Crippen LogP contribution in [0.15, 0.2) is 83.4 Å². The van der Waals surface area contributed by atoms with Crippen molar-refractivity contribution < 1.29 is 27.2 Å². The molecule has 3 aromatic carbocycles. The number of alkyl halides is 3. The number of carbonyl (C=O) groups is 1. The van der Waals surface area contributed by atoms with Gasteiger partial charge in [0.15, 0.2) is 0 Å². The lowest BCUT2D eigenvalue weighted by Crippen LogP contribution is -2.35. The summed E-state index contributed by atoms with van der Waals surface area (Å²) < 4.78 is 49.3. The number of ether oxygens (including phenoxy) is 1. The Morgan fingerprint density at radius 3 is 2.22 bits per heavy atom. The van der Waals surface area contributed by atoms with Crippen molar-refractivity contribution in [3.8, 4) is 17.1 Å². The highest BCUT2D eigenvalue weighted by molar-refractivity contribution is 5.94. The molecular formula is C27H24F3N3O3. The number of carbonyl (C=O) groups excluding carboxylic acids is 1. The molecule has 4 aromatic rings. The van der Waals surface area contributed by atoms with Gasteiger partial charge in [0, 0.05) is 30.6 Å². The fourth-order valence-corrected chi connectivity index (χ4v) is 3.65. The molecule has 4 rings (SSSR count). The molecule has 0 aliphatic rings. The van der Waals surface area contributed by atoms with Crippen LogP contribution < -0.4 is 4.74 Å². The zero-order valence-corrected chi connectivity index (χ0v) is 19.5. The smallest absolute Gasteiger partial charge is 0.416 e. The van der Waals surface area contributed by atoms with Crippen LogP contribution in [0.2, 0.25) is 0 Å². The number of methoxy groups -OCH3 is 1. The predicted octanol–water partition coefficient (Wildman–Crippen LogP) is 5.69. The van der Waals surface area contributed by atoms with Gasteiger partial charge in [0.2, 0.25) is 11.7 Å². The van der Waals surface area contributed by atoms with Gasteiger partial charge < -0.3 is 14.2 Å². The van der Waals surface area contributed by atoms with Crippen molar-refractivity contribution in [2.45, 2.75) is 19.0 Å². The van der Waals surface area contributed by atoms with Crippen LogP contribution in [-0.2, 0) is 19.0 Å². The minimum Gasteiger partial charge on any atom is -0.497 e. The monoisotopic (exact) mass is 495 g/mol. The molecule has 186 valence electrons.